The number of hydrogen-bond acceptors (Lipinski definition) is 5. The zero-order valence-electron chi connectivity index (χ0n) is 16.2. The van der Waals surface area contributed by atoms with Gasteiger partial charge in [-0.2, -0.15) is 0 Å². The van der Waals surface area contributed by atoms with E-state index in [1.807, 2.05) is 39.0 Å². The van der Waals surface area contributed by atoms with Gasteiger partial charge in [0.1, 0.15) is 5.60 Å². The van der Waals surface area contributed by atoms with E-state index in [1.165, 1.54) is 0 Å². The Morgan fingerprint density at radius 1 is 1.42 bits per heavy atom. The van der Waals surface area contributed by atoms with E-state index in [-0.39, 0.29) is 12.1 Å². The molecule has 0 aromatic carbocycles. The molecule has 1 aliphatic heterocycles. The van der Waals surface area contributed by atoms with Crippen LogP contribution in [0.5, 0.6) is 5.88 Å². The van der Waals surface area contributed by atoms with Crippen LogP contribution in [-0.4, -0.2) is 60.8 Å². The van der Waals surface area contributed by atoms with Crippen molar-refractivity contribution in [2.24, 2.45) is 4.99 Å². The number of hydrogen-bond donors (Lipinski definition) is 2. The highest BCUT2D eigenvalue weighted by Crippen LogP contribution is 2.12. The Kier molecular flexibility index (Phi) is 6.65. The van der Waals surface area contributed by atoms with Crippen LogP contribution in [0.25, 0.3) is 0 Å². The number of carbonyl (C=O) groups excluding carboxylic acids is 1. The zero-order valence-corrected chi connectivity index (χ0v) is 16.2. The number of nitrogens with one attached hydrogen (secondary N) is 2. The fraction of sp³-hybridized carbons (Fsp3) is 0.611. The largest absolute Gasteiger partial charge is 0.481 e. The summed E-state index contributed by atoms with van der Waals surface area (Å²) in [4.78, 5) is 22.7. The minimum Gasteiger partial charge on any atom is -0.481 e. The standard InChI is InChI=1S/C18H29N5O3/c1-18(2,3)26-17(24)22-14-9-10-23(12-14)16(19-4)20-11-13-7-6-8-15(21-13)25-5/h6-8,14H,9-12H2,1-5H3,(H,19,20)(H,22,24). The number of rotatable bonds is 4. The van der Waals surface area contributed by atoms with E-state index >= 15 is 0 Å². The number of aromatic nitrogens is 1. The second-order valence-corrected chi connectivity index (χ2v) is 7.15. The van der Waals surface area contributed by atoms with Crippen molar-refractivity contribution in [2.45, 2.75) is 45.4 Å². The number of pyridine rings is 1. The number of ether oxygens (including phenoxy) is 2. The van der Waals surface area contributed by atoms with Gasteiger partial charge in [0.2, 0.25) is 5.88 Å². The van der Waals surface area contributed by atoms with Crippen molar-refractivity contribution < 1.29 is 14.3 Å². The van der Waals surface area contributed by atoms with E-state index < -0.39 is 5.60 Å². The number of guanidine groups is 1. The minimum absolute atomic E-state index is 0.0401. The SMILES string of the molecule is CN=C(NCc1cccc(OC)n1)N1CCC(NC(=O)OC(C)(C)C)C1. The van der Waals surface area contributed by atoms with Crippen molar-refractivity contribution in [1.29, 1.82) is 0 Å². The van der Waals surface area contributed by atoms with Crippen molar-refractivity contribution in [2.75, 3.05) is 27.2 Å². The maximum absolute atomic E-state index is 11.9. The van der Waals surface area contributed by atoms with E-state index in [4.69, 9.17) is 9.47 Å². The summed E-state index contributed by atoms with van der Waals surface area (Å²) in [6.45, 7) is 7.60. The first-order valence-corrected chi connectivity index (χ1v) is 8.76. The third-order valence-corrected chi connectivity index (χ3v) is 3.84. The normalized spacial score (nSPS) is 17.8. The predicted octanol–water partition coefficient (Wildman–Crippen LogP) is 1.76. The Hall–Kier alpha value is -2.51. The molecule has 0 aliphatic carbocycles. The van der Waals surface area contributed by atoms with Gasteiger partial charge in [-0.1, -0.05) is 6.07 Å². The molecule has 26 heavy (non-hydrogen) atoms. The molecule has 8 heteroatoms. The van der Waals surface area contributed by atoms with Crippen molar-refractivity contribution in [3.63, 3.8) is 0 Å². The molecule has 1 atom stereocenters. The second-order valence-electron chi connectivity index (χ2n) is 7.15. The van der Waals surface area contributed by atoms with E-state index in [0.29, 0.717) is 19.0 Å². The zero-order chi connectivity index (χ0) is 19.2. The number of amides is 1. The molecule has 0 bridgehead atoms. The summed E-state index contributed by atoms with van der Waals surface area (Å²) in [5.41, 5.74) is 0.372. The Labute approximate surface area is 155 Å². The summed E-state index contributed by atoms with van der Waals surface area (Å²) in [7, 11) is 3.34. The summed E-state index contributed by atoms with van der Waals surface area (Å²) in [5.74, 6) is 1.37. The first kappa shape index (κ1) is 19.8. The molecule has 1 amide bonds. The third kappa shape index (κ3) is 6.09. The first-order valence-electron chi connectivity index (χ1n) is 8.76. The van der Waals surface area contributed by atoms with Crippen LogP contribution in [0.1, 0.15) is 32.9 Å². The molecule has 8 nitrogen and oxygen atoms in total. The summed E-state index contributed by atoms with van der Waals surface area (Å²) in [6, 6.07) is 5.69. The van der Waals surface area contributed by atoms with Gasteiger partial charge in [-0.3, -0.25) is 4.99 Å². The van der Waals surface area contributed by atoms with Gasteiger partial charge in [0.05, 0.1) is 25.4 Å². The number of likely N-dealkylation sites (tertiary alicyclic amines) is 1. The predicted molar refractivity (Wildman–Crippen MR) is 100 cm³/mol. The van der Waals surface area contributed by atoms with Crippen LogP contribution in [0.3, 0.4) is 0 Å². The fourth-order valence-electron chi connectivity index (χ4n) is 2.72. The molecule has 0 spiro atoms. The average molecular weight is 363 g/mol. The van der Waals surface area contributed by atoms with Gasteiger partial charge in [-0.15, -0.1) is 0 Å². The molecule has 1 fully saturated rings. The fourth-order valence-corrected chi connectivity index (χ4v) is 2.72. The molecule has 1 unspecified atom stereocenters. The van der Waals surface area contributed by atoms with Gasteiger partial charge in [0.25, 0.3) is 0 Å². The number of aliphatic imine (C=N–C) groups is 1. The molecule has 2 N–H and O–H groups in total. The monoisotopic (exact) mass is 363 g/mol. The summed E-state index contributed by atoms with van der Waals surface area (Å²) in [5, 5.41) is 6.22. The van der Waals surface area contributed by atoms with Crippen LogP contribution in [0.4, 0.5) is 4.79 Å². The number of carbonyl (C=O) groups is 1. The molecule has 2 heterocycles. The van der Waals surface area contributed by atoms with Gasteiger partial charge < -0.3 is 25.0 Å². The van der Waals surface area contributed by atoms with Crippen LogP contribution in [0.15, 0.2) is 23.2 Å². The lowest BCUT2D eigenvalue weighted by Gasteiger charge is -2.23. The summed E-state index contributed by atoms with van der Waals surface area (Å²) in [6.07, 6.45) is 0.463. The Morgan fingerprint density at radius 3 is 2.85 bits per heavy atom. The maximum atomic E-state index is 11.9. The molecule has 1 saturated heterocycles. The highest BCUT2D eigenvalue weighted by molar-refractivity contribution is 5.80. The second kappa shape index (κ2) is 8.73. The van der Waals surface area contributed by atoms with Crippen LogP contribution >= 0.6 is 0 Å². The lowest BCUT2D eigenvalue weighted by molar-refractivity contribution is 0.0507. The van der Waals surface area contributed by atoms with Crippen LogP contribution in [0.2, 0.25) is 0 Å². The summed E-state index contributed by atoms with van der Waals surface area (Å²) < 4.78 is 10.5. The Bertz CT molecular complexity index is 642. The molecule has 0 saturated carbocycles. The van der Waals surface area contributed by atoms with E-state index in [2.05, 4.69) is 25.5 Å². The Balaban J connectivity index is 1.84. The van der Waals surface area contributed by atoms with Gasteiger partial charge in [0, 0.05) is 26.2 Å². The van der Waals surface area contributed by atoms with E-state index in [9.17, 15) is 4.79 Å². The molecule has 1 aromatic rings. The Morgan fingerprint density at radius 2 is 2.19 bits per heavy atom. The van der Waals surface area contributed by atoms with Crippen molar-refractivity contribution in [3.05, 3.63) is 23.9 Å². The average Bonchev–Trinajstić information content (AvgIpc) is 3.02. The smallest absolute Gasteiger partial charge is 0.407 e. The van der Waals surface area contributed by atoms with Gasteiger partial charge in [-0.25, -0.2) is 9.78 Å². The number of methoxy groups -OCH3 is 1. The summed E-state index contributed by atoms with van der Waals surface area (Å²) >= 11 is 0. The van der Waals surface area contributed by atoms with Gasteiger partial charge >= 0.3 is 6.09 Å². The molecular weight excluding hydrogens is 334 g/mol. The van der Waals surface area contributed by atoms with Crippen molar-refractivity contribution in [1.82, 2.24) is 20.5 Å². The minimum atomic E-state index is -0.496. The lowest BCUT2D eigenvalue weighted by Crippen LogP contribution is -2.44. The van der Waals surface area contributed by atoms with E-state index in [0.717, 1.165) is 24.6 Å². The molecular formula is C18H29N5O3. The lowest BCUT2D eigenvalue weighted by atomic mass is 10.2. The van der Waals surface area contributed by atoms with E-state index in [1.54, 1.807) is 14.2 Å². The molecule has 144 valence electrons. The van der Waals surface area contributed by atoms with Crippen LogP contribution in [-0.2, 0) is 11.3 Å². The third-order valence-electron chi connectivity index (χ3n) is 3.84. The van der Waals surface area contributed by atoms with Crippen LogP contribution in [0, 0.1) is 0 Å². The topological polar surface area (TPSA) is 88.1 Å². The maximum Gasteiger partial charge on any atom is 0.407 e. The molecule has 1 aliphatic rings. The highest BCUT2D eigenvalue weighted by Gasteiger charge is 2.27. The first-order chi connectivity index (χ1) is 12.3. The number of alkyl carbamates (subject to hydrolysis) is 1. The molecule has 0 radical (unpaired) electrons. The van der Waals surface area contributed by atoms with Crippen molar-refractivity contribution >= 4 is 12.1 Å². The quantitative estimate of drug-likeness (QED) is 0.626. The van der Waals surface area contributed by atoms with Gasteiger partial charge in [0.15, 0.2) is 5.96 Å². The molecule has 2 rings (SSSR count). The molecule has 1 aromatic heterocycles. The van der Waals surface area contributed by atoms with Gasteiger partial charge in [-0.05, 0) is 33.3 Å². The van der Waals surface area contributed by atoms with Crippen LogP contribution < -0.4 is 15.4 Å². The highest BCUT2D eigenvalue weighted by atomic mass is 16.6. The number of nitrogens with zero attached hydrogens (tertiary/aromatic N) is 3. The van der Waals surface area contributed by atoms with Crippen molar-refractivity contribution in [3.8, 4) is 5.88 Å².